The van der Waals surface area contributed by atoms with Gasteiger partial charge in [0.25, 0.3) is 0 Å². The summed E-state index contributed by atoms with van der Waals surface area (Å²) < 4.78 is 5.39. The van der Waals surface area contributed by atoms with Crippen LogP contribution in [0.1, 0.15) is 59.3 Å². The van der Waals surface area contributed by atoms with E-state index in [0.29, 0.717) is 19.1 Å². The minimum Gasteiger partial charge on any atom is -0.389 e. The van der Waals surface area contributed by atoms with Crippen LogP contribution in [0.2, 0.25) is 0 Å². The molecule has 0 saturated heterocycles. The quantitative estimate of drug-likeness (QED) is 0.500. The van der Waals surface area contributed by atoms with Gasteiger partial charge in [0.05, 0.1) is 12.7 Å². The summed E-state index contributed by atoms with van der Waals surface area (Å²) >= 11 is 0. The van der Waals surface area contributed by atoms with E-state index in [1.807, 2.05) is 0 Å². The summed E-state index contributed by atoms with van der Waals surface area (Å²) in [6.45, 7) is 9.30. The molecular weight excluding hydrogens is 226 g/mol. The molecule has 0 aliphatic rings. The van der Waals surface area contributed by atoms with E-state index in [-0.39, 0.29) is 6.10 Å². The van der Waals surface area contributed by atoms with Crippen molar-refractivity contribution < 1.29 is 9.84 Å². The maximum Gasteiger partial charge on any atom is 0.0897 e. The molecule has 0 aromatic rings. The van der Waals surface area contributed by atoms with Gasteiger partial charge in [0.2, 0.25) is 0 Å². The average molecular weight is 259 g/mol. The van der Waals surface area contributed by atoms with E-state index in [9.17, 15) is 5.11 Å². The summed E-state index contributed by atoms with van der Waals surface area (Å²) in [6, 6.07) is 0. The molecule has 0 fully saturated rings. The Balaban J connectivity index is 3.12. The van der Waals surface area contributed by atoms with E-state index in [2.05, 4.69) is 26.1 Å². The fourth-order valence-electron chi connectivity index (χ4n) is 1.80. The molecule has 0 aromatic carbocycles. The lowest BCUT2D eigenvalue weighted by molar-refractivity contribution is 0.0262. The highest BCUT2D eigenvalue weighted by Crippen LogP contribution is 2.04. The Morgan fingerprint density at radius 2 is 1.67 bits per heavy atom. The van der Waals surface area contributed by atoms with Crippen LogP contribution in [0.15, 0.2) is 0 Å². The smallest absolute Gasteiger partial charge is 0.0897 e. The van der Waals surface area contributed by atoms with Crippen LogP contribution in [-0.4, -0.2) is 37.5 Å². The van der Waals surface area contributed by atoms with Gasteiger partial charge in [0.15, 0.2) is 0 Å². The number of aliphatic hydroxyl groups is 1. The van der Waals surface area contributed by atoms with Gasteiger partial charge in [0, 0.05) is 13.2 Å². The molecule has 0 heterocycles. The Morgan fingerprint density at radius 3 is 2.33 bits per heavy atom. The number of aliphatic hydroxyl groups excluding tert-OH is 1. The Labute approximate surface area is 113 Å². The van der Waals surface area contributed by atoms with Crippen LogP contribution in [0, 0.1) is 5.92 Å². The molecule has 1 atom stereocenters. The number of rotatable bonds is 13. The Bertz CT molecular complexity index is 163. The SMILES string of the molecule is CCCCCCCCNCC(O)COCC(C)C. The number of hydrogen-bond donors (Lipinski definition) is 2. The lowest BCUT2D eigenvalue weighted by Gasteiger charge is -2.13. The van der Waals surface area contributed by atoms with E-state index in [1.165, 1.54) is 38.5 Å². The van der Waals surface area contributed by atoms with E-state index in [4.69, 9.17) is 4.74 Å². The van der Waals surface area contributed by atoms with Crippen molar-refractivity contribution in [2.75, 3.05) is 26.3 Å². The van der Waals surface area contributed by atoms with Crippen molar-refractivity contribution in [1.29, 1.82) is 0 Å². The fourth-order valence-corrected chi connectivity index (χ4v) is 1.80. The first-order valence-electron chi connectivity index (χ1n) is 7.63. The van der Waals surface area contributed by atoms with Gasteiger partial charge in [-0.15, -0.1) is 0 Å². The van der Waals surface area contributed by atoms with Gasteiger partial charge in [-0.3, -0.25) is 0 Å². The molecule has 0 radical (unpaired) electrons. The number of hydrogen-bond acceptors (Lipinski definition) is 3. The van der Waals surface area contributed by atoms with E-state index >= 15 is 0 Å². The van der Waals surface area contributed by atoms with Gasteiger partial charge < -0.3 is 15.2 Å². The molecule has 110 valence electrons. The van der Waals surface area contributed by atoms with Gasteiger partial charge in [-0.1, -0.05) is 52.9 Å². The van der Waals surface area contributed by atoms with Crippen LogP contribution in [0.4, 0.5) is 0 Å². The van der Waals surface area contributed by atoms with Crippen LogP contribution in [0.5, 0.6) is 0 Å². The van der Waals surface area contributed by atoms with E-state index < -0.39 is 0 Å². The lowest BCUT2D eigenvalue weighted by Crippen LogP contribution is -2.31. The zero-order chi connectivity index (χ0) is 13.6. The first-order valence-corrected chi connectivity index (χ1v) is 7.63. The van der Waals surface area contributed by atoms with E-state index in [0.717, 1.165) is 13.2 Å². The molecule has 0 aliphatic heterocycles. The molecule has 0 aliphatic carbocycles. The Hall–Kier alpha value is -0.120. The highest BCUT2D eigenvalue weighted by molar-refractivity contribution is 4.59. The molecular formula is C15H33NO2. The number of nitrogens with one attached hydrogen (secondary N) is 1. The molecule has 3 nitrogen and oxygen atoms in total. The number of ether oxygens (including phenoxy) is 1. The van der Waals surface area contributed by atoms with Crippen molar-refractivity contribution in [1.82, 2.24) is 5.32 Å². The summed E-state index contributed by atoms with van der Waals surface area (Å²) in [5.74, 6) is 0.535. The van der Waals surface area contributed by atoms with Crippen molar-refractivity contribution >= 4 is 0 Å². The van der Waals surface area contributed by atoms with Crippen molar-refractivity contribution in [3.63, 3.8) is 0 Å². The standard InChI is InChI=1S/C15H33NO2/c1-4-5-6-7-8-9-10-16-11-15(17)13-18-12-14(2)3/h14-17H,4-13H2,1-3H3. The van der Waals surface area contributed by atoms with Crippen LogP contribution in [0.3, 0.4) is 0 Å². The lowest BCUT2D eigenvalue weighted by atomic mass is 10.1. The first kappa shape index (κ1) is 17.9. The monoisotopic (exact) mass is 259 g/mol. The zero-order valence-electron chi connectivity index (χ0n) is 12.6. The van der Waals surface area contributed by atoms with Gasteiger partial charge in [-0.2, -0.15) is 0 Å². The normalized spacial score (nSPS) is 13.2. The average Bonchev–Trinajstić information content (AvgIpc) is 2.32. The number of unbranched alkanes of at least 4 members (excludes halogenated alkanes) is 5. The third kappa shape index (κ3) is 13.9. The molecule has 0 saturated carbocycles. The fraction of sp³-hybridized carbons (Fsp3) is 1.00. The third-order valence-corrected chi connectivity index (χ3v) is 2.85. The Kier molecular flexibility index (Phi) is 13.2. The highest BCUT2D eigenvalue weighted by Gasteiger charge is 2.04. The minimum atomic E-state index is -0.371. The zero-order valence-corrected chi connectivity index (χ0v) is 12.6. The maximum absolute atomic E-state index is 9.65. The topological polar surface area (TPSA) is 41.5 Å². The van der Waals surface area contributed by atoms with Gasteiger partial charge >= 0.3 is 0 Å². The summed E-state index contributed by atoms with van der Waals surface area (Å²) in [5, 5.41) is 12.9. The molecule has 1 unspecified atom stereocenters. The second-order valence-electron chi connectivity index (χ2n) is 5.56. The molecule has 2 N–H and O–H groups in total. The van der Waals surface area contributed by atoms with Crippen molar-refractivity contribution in [2.24, 2.45) is 5.92 Å². The summed E-state index contributed by atoms with van der Waals surface area (Å²) in [7, 11) is 0. The third-order valence-electron chi connectivity index (χ3n) is 2.85. The highest BCUT2D eigenvalue weighted by atomic mass is 16.5. The van der Waals surface area contributed by atoms with Gasteiger partial charge in [-0.05, 0) is 18.9 Å². The second kappa shape index (κ2) is 13.3. The molecule has 0 aromatic heterocycles. The maximum atomic E-state index is 9.65. The van der Waals surface area contributed by atoms with Crippen LogP contribution < -0.4 is 5.32 Å². The molecule has 18 heavy (non-hydrogen) atoms. The molecule has 0 spiro atoms. The predicted octanol–water partition coefficient (Wildman–Crippen LogP) is 2.97. The minimum absolute atomic E-state index is 0.371. The molecule has 3 heteroatoms. The van der Waals surface area contributed by atoms with Crippen molar-refractivity contribution in [3.05, 3.63) is 0 Å². The molecule has 0 bridgehead atoms. The summed E-state index contributed by atoms with van der Waals surface area (Å²) in [4.78, 5) is 0. The Morgan fingerprint density at radius 1 is 1.00 bits per heavy atom. The van der Waals surface area contributed by atoms with Crippen molar-refractivity contribution in [2.45, 2.75) is 65.4 Å². The van der Waals surface area contributed by atoms with Gasteiger partial charge in [-0.25, -0.2) is 0 Å². The van der Waals surface area contributed by atoms with Crippen LogP contribution in [0.25, 0.3) is 0 Å². The first-order chi connectivity index (χ1) is 8.66. The van der Waals surface area contributed by atoms with Crippen molar-refractivity contribution in [3.8, 4) is 0 Å². The largest absolute Gasteiger partial charge is 0.389 e. The summed E-state index contributed by atoms with van der Waals surface area (Å²) in [6.07, 6.45) is 7.51. The molecule has 0 amide bonds. The predicted molar refractivity (Wildman–Crippen MR) is 77.9 cm³/mol. The van der Waals surface area contributed by atoms with Crippen LogP contribution >= 0.6 is 0 Å². The van der Waals surface area contributed by atoms with Crippen LogP contribution in [-0.2, 0) is 4.74 Å². The van der Waals surface area contributed by atoms with Gasteiger partial charge in [0.1, 0.15) is 0 Å². The molecule has 0 rings (SSSR count). The summed E-state index contributed by atoms with van der Waals surface area (Å²) in [5.41, 5.74) is 0. The second-order valence-corrected chi connectivity index (χ2v) is 5.56. The van der Waals surface area contributed by atoms with E-state index in [1.54, 1.807) is 0 Å².